The Morgan fingerprint density at radius 3 is 2.71 bits per heavy atom. The Labute approximate surface area is 82.9 Å². The van der Waals surface area contributed by atoms with E-state index < -0.39 is 0 Å². The lowest BCUT2D eigenvalue weighted by Crippen LogP contribution is -2.02. The average molecular weight is 190 g/mol. The third-order valence-corrected chi connectivity index (χ3v) is 1.64. The Hall–Kier alpha value is -1.82. The van der Waals surface area contributed by atoms with Crippen LogP contribution < -0.4 is 0 Å². The number of hydrogen-bond acceptors (Lipinski definition) is 2. The smallest absolute Gasteiger partial charge is 0.123 e. The summed E-state index contributed by atoms with van der Waals surface area (Å²) >= 11 is 0. The van der Waals surface area contributed by atoms with Gasteiger partial charge in [-0.3, -0.25) is 0 Å². The molecule has 0 heterocycles. The van der Waals surface area contributed by atoms with Crippen LogP contribution in [-0.2, 0) is 0 Å². The second kappa shape index (κ2) is 4.43. The highest BCUT2D eigenvalue weighted by Gasteiger charge is 2.01. The number of nitriles is 1. The highest BCUT2D eigenvalue weighted by Crippen LogP contribution is 2.14. The van der Waals surface area contributed by atoms with Crippen molar-refractivity contribution in [1.29, 1.82) is 5.26 Å². The zero-order valence-corrected chi connectivity index (χ0v) is 8.16. The van der Waals surface area contributed by atoms with Crippen molar-refractivity contribution in [2.75, 3.05) is 14.1 Å². The summed E-state index contributed by atoms with van der Waals surface area (Å²) in [7, 11) is 3.63. The van der Waals surface area contributed by atoms with E-state index in [1.54, 1.807) is 23.2 Å². The Kier molecular flexibility index (Phi) is 3.24. The summed E-state index contributed by atoms with van der Waals surface area (Å²) in [6.07, 6.45) is 1.66. The Balaban J connectivity index is 3.09. The van der Waals surface area contributed by atoms with Crippen LogP contribution in [0, 0.1) is 17.1 Å². The van der Waals surface area contributed by atoms with E-state index in [1.165, 1.54) is 12.1 Å². The molecular formula is C11H11FN2. The monoisotopic (exact) mass is 190 g/mol. The van der Waals surface area contributed by atoms with Gasteiger partial charge >= 0.3 is 0 Å². The van der Waals surface area contributed by atoms with Gasteiger partial charge in [0.2, 0.25) is 0 Å². The molecule has 0 N–H and O–H groups in total. The number of halogens is 1. The molecule has 2 nitrogen and oxygen atoms in total. The zero-order valence-electron chi connectivity index (χ0n) is 8.16. The predicted molar refractivity (Wildman–Crippen MR) is 53.7 cm³/mol. The van der Waals surface area contributed by atoms with Crippen LogP contribution in [0.15, 0.2) is 30.5 Å². The normalized spacial score (nSPS) is 10.9. The van der Waals surface area contributed by atoms with Crippen molar-refractivity contribution >= 4 is 5.57 Å². The molecule has 0 radical (unpaired) electrons. The van der Waals surface area contributed by atoms with Gasteiger partial charge in [-0.2, -0.15) is 5.26 Å². The van der Waals surface area contributed by atoms with Crippen LogP contribution in [-0.4, -0.2) is 19.0 Å². The maximum atomic E-state index is 12.9. The summed E-state index contributed by atoms with van der Waals surface area (Å²) in [6, 6.07) is 8.03. The molecule has 0 atom stereocenters. The molecule has 1 rings (SSSR count). The number of allylic oxidation sites excluding steroid dienone is 1. The van der Waals surface area contributed by atoms with E-state index in [1.807, 2.05) is 20.2 Å². The largest absolute Gasteiger partial charge is 0.382 e. The van der Waals surface area contributed by atoms with Crippen LogP contribution in [0.4, 0.5) is 4.39 Å². The van der Waals surface area contributed by atoms with E-state index in [0.717, 1.165) is 0 Å². The van der Waals surface area contributed by atoms with Gasteiger partial charge in [-0.05, 0) is 17.7 Å². The molecule has 0 fully saturated rings. The molecule has 0 saturated heterocycles. The lowest BCUT2D eigenvalue weighted by Gasteiger charge is -2.06. The minimum atomic E-state index is -0.331. The van der Waals surface area contributed by atoms with Gasteiger partial charge in [0.05, 0.1) is 5.57 Å². The summed E-state index contributed by atoms with van der Waals surface area (Å²) in [5.74, 6) is -0.331. The molecule has 0 aliphatic carbocycles. The molecule has 3 heteroatoms. The minimum Gasteiger partial charge on any atom is -0.382 e. The van der Waals surface area contributed by atoms with Gasteiger partial charge < -0.3 is 4.90 Å². The Morgan fingerprint density at radius 2 is 2.21 bits per heavy atom. The lowest BCUT2D eigenvalue weighted by atomic mass is 10.1. The highest BCUT2D eigenvalue weighted by molar-refractivity contribution is 5.76. The summed E-state index contributed by atoms with van der Waals surface area (Å²) in [5.41, 5.74) is 1.05. The van der Waals surface area contributed by atoms with Gasteiger partial charge in [0.25, 0.3) is 0 Å². The maximum absolute atomic E-state index is 12.9. The predicted octanol–water partition coefficient (Wildman–Crippen LogP) is 2.25. The van der Waals surface area contributed by atoms with Gasteiger partial charge in [0.15, 0.2) is 0 Å². The van der Waals surface area contributed by atoms with E-state index in [9.17, 15) is 4.39 Å². The van der Waals surface area contributed by atoms with Crippen molar-refractivity contribution in [3.05, 3.63) is 41.8 Å². The molecule has 0 saturated carbocycles. The number of rotatable bonds is 2. The summed E-state index contributed by atoms with van der Waals surface area (Å²) in [4.78, 5) is 1.75. The van der Waals surface area contributed by atoms with Crippen LogP contribution >= 0.6 is 0 Å². The van der Waals surface area contributed by atoms with E-state index in [0.29, 0.717) is 11.1 Å². The molecule has 0 amide bonds. The van der Waals surface area contributed by atoms with Crippen LogP contribution in [0.1, 0.15) is 5.56 Å². The van der Waals surface area contributed by atoms with E-state index in [-0.39, 0.29) is 5.82 Å². The van der Waals surface area contributed by atoms with Crippen molar-refractivity contribution in [2.24, 2.45) is 0 Å². The summed E-state index contributed by atoms with van der Waals surface area (Å²) < 4.78 is 12.9. The molecule has 1 aromatic rings. The first kappa shape index (κ1) is 10.3. The molecule has 0 bridgehead atoms. The molecule has 0 aliphatic heterocycles. The van der Waals surface area contributed by atoms with Crippen LogP contribution in [0.5, 0.6) is 0 Å². The van der Waals surface area contributed by atoms with Crippen molar-refractivity contribution in [1.82, 2.24) is 4.90 Å². The number of benzene rings is 1. The first-order chi connectivity index (χ1) is 6.63. The van der Waals surface area contributed by atoms with E-state index in [2.05, 4.69) is 0 Å². The quantitative estimate of drug-likeness (QED) is 0.669. The fraction of sp³-hybridized carbons (Fsp3) is 0.182. The third kappa shape index (κ3) is 2.60. The van der Waals surface area contributed by atoms with Crippen molar-refractivity contribution < 1.29 is 4.39 Å². The summed E-state index contributed by atoms with van der Waals surface area (Å²) in [5, 5.41) is 8.85. The SMILES string of the molecule is CN(C)C=C(C#N)c1cccc(F)c1. The standard InChI is InChI=1S/C11H11FN2/c1-14(2)8-10(7-13)9-4-3-5-11(12)6-9/h3-6,8H,1-2H3. The number of nitrogens with zero attached hydrogens (tertiary/aromatic N) is 2. The van der Waals surface area contributed by atoms with Gasteiger partial charge in [-0.1, -0.05) is 12.1 Å². The fourth-order valence-corrected chi connectivity index (χ4v) is 1.08. The van der Waals surface area contributed by atoms with Crippen LogP contribution in [0.2, 0.25) is 0 Å². The fourth-order valence-electron chi connectivity index (χ4n) is 1.08. The van der Waals surface area contributed by atoms with Crippen molar-refractivity contribution in [3.8, 4) is 6.07 Å². The van der Waals surface area contributed by atoms with Gasteiger partial charge in [-0.25, -0.2) is 4.39 Å². The Bertz CT molecular complexity index is 389. The molecule has 72 valence electrons. The Morgan fingerprint density at radius 1 is 1.50 bits per heavy atom. The van der Waals surface area contributed by atoms with E-state index >= 15 is 0 Å². The van der Waals surface area contributed by atoms with Crippen molar-refractivity contribution in [2.45, 2.75) is 0 Å². The highest BCUT2D eigenvalue weighted by atomic mass is 19.1. The second-order valence-electron chi connectivity index (χ2n) is 3.13. The maximum Gasteiger partial charge on any atom is 0.123 e. The van der Waals surface area contributed by atoms with Crippen LogP contribution in [0.25, 0.3) is 5.57 Å². The van der Waals surface area contributed by atoms with E-state index in [4.69, 9.17) is 5.26 Å². The summed E-state index contributed by atoms with van der Waals surface area (Å²) in [6.45, 7) is 0. The zero-order chi connectivity index (χ0) is 10.6. The molecule has 0 spiro atoms. The third-order valence-electron chi connectivity index (χ3n) is 1.64. The molecular weight excluding hydrogens is 179 g/mol. The molecule has 0 unspecified atom stereocenters. The molecule has 0 aliphatic rings. The van der Waals surface area contributed by atoms with Gasteiger partial charge in [0.1, 0.15) is 11.9 Å². The van der Waals surface area contributed by atoms with Crippen molar-refractivity contribution in [3.63, 3.8) is 0 Å². The first-order valence-electron chi connectivity index (χ1n) is 4.18. The lowest BCUT2D eigenvalue weighted by molar-refractivity contribution is 0.566. The number of hydrogen-bond donors (Lipinski definition) is 0. The second-order valence-corrected chi connectivity index (χ2v) is 3.13. The molecule has 1 aromatic carbocycles. The minimum absolute atomic E-state index is 0.331. The molecule has 0 aromatic heterocycles. The van der Waals surface area contributed by atoms with Gasteiger partial charge in [0, 0.05) is 20.3 Å². The first-order valence-corrected chi connectivity index (χ1v) is 4.18. The topological polar surface area (TPSA) is 27.0 Å². The molecule has 14 heavy (non-hydrogen) atoms. The van der Waals surface area contributed by atoms with Crippen LogP contribution in [0.3, 0.4) is 0 Å². The average Bonchev–Trinajstić information content (AvgIpc) is 2.14. The van der Waals surface area contributed by atoms with Gasteiger partial charge in [-0.15, -0.1) is 0 Å².